The van der Waals surface area contributed by atoms with Crippen LogP contribution in [0.15, 0.2) is 58.4 Å². The van der Waals surface area contributed by atoms with E-state index in [1.807, 2.05) is 35.8 Å². The number of anilines is 1. The van der Waals surface area contributed by atoms with Crippen molar-refractivity contribution >= 4 is 22.6 Å². The molecule has 0 spiro atoms. The summed E-state index contributed by atoms with van der Waals surface area (Å²) in [5.74, 6) is 0.456. The summed E-state index contributed by atoms with van der Waals surface area (Å²) in [5.41, 5.74) is 9.30. The van der Waals surface area contributed by atoms with Gasteiger partial charge in [-0.25, -0.2) is 4.98 Å². The minimum absolute atomic E-state index is 0.0215. The predicted octanol–water partition coefficient (Wildman–Crippen LogP) is 3.08. The van der Waals surface area contributed by atoms with Gasteiger partial charge in [0, 0.05) is 30.3 Å². The number of aromatic nitrogens is 3. The molecule has 0 amide bonds. The summed E-state index contributed by atoms with van der Waals surface area (Å²) in [7, 11) is 0. The lowest BCUT2D eigenvalue weighted by molar-refractivity contribution is 0.0970. The number of nitriles is 1. The van der Waals surface area contributed by atoms with Gasteiger partial charge in [-0.05, 0) is 37.0 Å². The number of carbonyl (C=O) groups excluding carboxylic acids is 1. The Morgan fingerprint density at radius 3 is 2.89 bits per heavy atom. The number of Topliss-reactive ketones (excluding diaryl/α,β-unsaturated/α-hetero) is 1. The SMILES string of the molecule is CCc1cccc(C(=O)Cn2cnc3c(C#N)c(N4CCCC(N)C4)n(Cc4ccoc4)c3c2=O)c1. The third-order valence-corrected chi connectivity index (χ3v) is 6.76. The number of rotatable bonds is 7. The highest BCUT2D eigenvalue weighted by atomic mass is 16.3. The molecule has 184 valence electrons. The molecule has 1 unspecified atom stereocenters. The first-order valence-electron chi connectivity index (χ1n) is 12.2. The highest BCUT2D eigenvalue weighted by molar-refractivity contribution is 5.96. The average molecular weight is 485 g/mol. The van der Waals surface area contributed by atoms with E-state index in [-0.39, 0.29) is 23.9 Å². The zero-order valence-corrected chi connectivity index (χ0v) is 20.2. The molecular formula is C27H28N6O3. The summed E-state index contributed by atoms with van der Waals surface area (Å²) < 4.78 is 8.40. The van der Waals surface area contributed by atoms with Crippen molar-refractivity contribution in [3.05, 3.63) is 81.8 Å². The van der Waals surface area contributed by atoms with Gasteiger partial charge in [-0.3, -0.25) is 14.2 Å². The minimum Gasteiger partial charge on any atom is -0.472 e. The van der Waals surface area contributed by atoms with Gasteiger partial charge in [-0.1, -0.05) is 25.1 Å². The molecule has 1 aromatic carbocycles. The van der Waals surface area contributed by atoms with E-state index in [2.05, 4.69) is 16.0 Å². The number of ketones is 1. The normalized spacial score (nSPS) is 15.8. The van der Waals surface area contributed by atoms with E-state index in [1.165, 1.54) is 10.9 Å². The quantitative estimate of drug-likeness (QED) is 0.400. The third kappa shape index (κ3) is 4.32. The smallest absolute Gasteiger partial charge is 0.278 e. The van der Waals surface area contributed by atoms with Crippen LogP contribution in [-0.2, 0) is 19.5 Å². The van der Waals surface area contributed by atoms with Gasteiger partial charge in [0.15, 0.2) is 5.78 Å². The molecule has 1 fully saturated rings. The standard InChI is InChI=1S/C27H28N6O3/c1-2-18-5-3-6-20(11-18)23(34)15-32-17-30-24-22(12-28)26(31-9-4-7-21(29)14-31)33(25(24)27(32)35)13-19-8-10-36-16-19/h3,5-6,8,10-11,16-17,21H,2,4,7,9,13-15,29H2,1H3. The number of furan rings is 1. The van der Waals surface area contributed by atoms with Crippen LogP contribution in [0.25, 0.3) is 11.0 Å². The van der Waals surface area contributed by atoms with E-state index in [9.17, 15) is 14.9 Å². The number of benzene rings is 1. The number of aryl methyl sites for hydroxylation is 1. The first-order chi connectivity index (χ1) is 17.5. The van der Waals surface area contributed by atoms with Gasteiger partial charge in [-0.15, -0.1) is 0 Å². The van der Waals surface area contributed by atoms with E-state index in [4.69, 9.17) is 10.2 Å². The van der Waals surface area contributed by atoms with Gasteiger partial charge < -0.3 is 19.6 Å². The van der Waals surface area contributed by atoms with Crippen molar-refractivity contribution in [2.45, 2.75) is 45.3 Å². The Hall–Kier alpha value is -4.16. The average Bonchev–Trinajstić information content (AvgIpc) is 3.52. The summed E-state index contributed by atoms with van der Waals surface area (Å²) >= 11 is 0. The molecule has 4 heterocycles. The Morgan fingerprint density at radius 1 is 1.31 bits per heavy atom. The van der Waals surface area contributed by atoms with Crippen molar-refractivity contribution in [3.8, 4) is 6.07 Å². The van der Waals surface area contributed by atoms with Crippen LogP contribution in [0, 0.1) is 11.3 Å². The molecule has 4 aromatic rings. The summed E-state index contributed by atoms with van der Waals surface area (Å²) in [4.78, 5) is 33.4. The fourth-order valence-electron chi connectivity index (χ4n) is 4.93. The van der Waals surface area contributed by atoms with Crippen molar-refractivity contribution < 1.29 is 9.21 Å². The van der Waals surface area contributed by atoms with E-state index in [0.29, 0.717) is 41.1 Å². The fourth-order valence-corrected chi connectivity index (χ4v) is 4.93. The maximum Gasteiger partial charge on any atom is 0.278 e. The largest absolute Gasteiger partial charge is 0.472 e. The van der Waals surface area contributed by atoms with Crippen LogP contribution >= 0.6 is 0 Å². The number of carbonyl (C=O) groups is 1. The molecule has 1 atom stereocenters. The summed E-state index contributed by atoms with van der Waals surface area (Å²) in [6.07, 6.45) is 7.16. The molecule has 0 bridgehead atoms. The van der Waals surface area contributed by atoms with Crippen molar-refractivity contribution in [3.63, 3.8) is 0 Å². The monoisotopic (exact) mass is 484 g/mol. The van der Waals surface area contributed by atoms with Crippen LogP contribution < -0.4 is 16.2 Å². The van der Waals surface area contributed by atoms with Crippen LogP contribution in [0.2, 0.25) is 0 Å². The summed E-state index contributed by atoms with van der Waals surface area (Å²) in [6, 6.07) is 11.5. The van der Waals surface area contributed by atoms with Gasteiger partial charge >= 0.3 is 0 Å². The molecule has 3 aromatic heterocycles. The van der Waals surface area contributed by atoms with Gasteiger partial charge in [0.05, 0.1) is 31.9 Å². The topological polar surface area (TPSA) is 123 Å². The van der Waals surface area contributed by atoms with Crippen molar-refractivity contribution in [2.24, 2.45) is 5.73 Å². The number of fused-ring (bicyclic) bond motifs is 1. The Kier molecular flexibility index (Phi) is 6.44. The van der Waals surface area contributed by atoms with Gasteiger partial charge in [0.1, 0.15) is 28.5 Å². The zero-order chi connectivity index (χ0) is 25.2. The van der Waals surface area contributed by atoms with E-state index in [0.717, 1.165) is 36.9 Å². The molecule has 0 aliphatic carbocycles. The molecular weight excluding hydrogens is 456 g/mol. The third-order valence-electron chi connectivity index (χ3n) is 6.76. The maximum atomic E-state index is 13.8. The lowest BCUT2D eigenvalue weighted by Crippen LogP contribution is -2.44. The Morgan fingerprint density at radius 2 is 2.17 bits per heavy atom. The first kappa shape index (κ1) is 23.6. The highest BCUT2D eigenvalue weighted by Gasteiger charge is 2.29. The molecule has 2 N–H and O–H groups in total. The minimum atomic E-state index is -0.368. The second kappa shape index (κ2) is 9.84. The molecule has 9 nitrogen and oxygen atoms in total. The summed E-state index contributed by atoms with van der Waals surface area (Å²) in [5, 5.41) is 10.1. The Balaban J connectivity index is 1.63. The lowest BCUT2D eigenvalue weighted by Gasteiger charge is -2.33. The molecule has 1 aliphatic rings. The number of hydrogen-bond acceptors (Lipinski definition) is 7. The molecule has 5 rings (SSSR count). The van der Waals surface area contributed by atoms with Crippen LogP contribution in [0.3, 0.4) is 0 Å². The van der Waals surface area contributed by atoms with Gasteiger partial charge in [-0.2, -0.15) is 5.26 Å². The Labute approximate surface area is 208 Å². The highest BCUT2D eigenvalue weighted by Crippen LogP contribution is 2.32. The van der Waals surface area contributed by atoms with Crippen LogP contribution in [-0.4, -0.2) is 39.0 Å². The number of piperidine rings is 1. The van der Waals surface area contributed by atoms with Gasteiger partial charge in [0.25, 0.3) is 5.56 Å². The number of hydrogen-bond donors (Lipinski definition) is 1. The van der Waals surface area contributed by atoms with Crippen molar-refractivity contribution in [2.75, 3.05) is 18.0 Å². The summed E-state index contributed by atoms with van der Waals surface area (Å²) in [6.45, 7) is 3.52. The molecule has 0 radical (unpaired) electrons. The second-order valence-corrected chi connectivity index (χ2v) is 9.23. The number of nitrogens with two attached hydrogens (primary N) is 1. The lowest BCUT2D eigenvalue weighted by atomic mass is 10.1. The Bertz CT molecular complexity index is 1510. The first-order valence-corrected chi connectivity index (χ1v) is 12.2. The maximum absolute atomic E-state index is 13.8. The van der Waals surface area contributed by atoms with Crippen molar-refractivity contribution in [1.82, 2.24) is 14.1 Å². The van der Waals surface area contributed by atoms with Gasteiger partial charge in [0.2, 0.25) is 0 Å². The van der Waals surface area contributed by atoms with Crippen LogP contribution in [0.4, 0.5) is 5.82 Å². The second-order valence-electron chi connectivity index (χ2n) is 9.23. The molecule has 1 saturated heterocycles. The van der Waals surface area contributed by atoms with E-state index < -0.39 is 0 Å². The van der Waals surface area contributed by atoms with Crippen molar-refractivity contribution in [1.29, 1.82) is 5.26 Å². The van der Waals surface area contributed by atoms with Crippen LogP contribution in [0.5, 0.6) is 0 Å². The molecule has 0 saturated carbocycles. The zero-order valence-electron chi connectivity index (χ0n) is 20.2. The predicted molar refractivity (Wildman–Crippen MR) is 136 cm³/mol. The van der Waals surface area contributed by atoms with Crippen LogP contribution in [0.1, 0.15) is 46.8 Å². The van der Waals surface area contributed by atoms with E-state index in [1.54, 1.807) is 18.6 Å². The molecule has 1 aliphatic heterocycles. The molecule has 36 heavy (non-hydrogen) atoms. The number of nitrogens with zero attached hydrogens (tertiary/aromatic N) is 5. The fraction of sp³-hybridized carbons (Fsp3) is 0.333. The van der Waals surface area contributed by atoms with E-state index >= 15 is 0 Å². The molecule has 9 heteroatoms.